The lowest BCUT2D eigenvalue weighted by molar-refractivity contribution is -0.286. The second kappa shape index (κ2) is 4.82. The number of aliphatic hydroxyl groups excluding tert-OH is 5. The number of hydrogen-bond acceptors (Lipinski definition) is 7. The van der Waals surface area contributed by atoms with Gasteiger partial charge >= 0.3 is 0 Å². The van der Waals surface area contributed by atoms with Crippen molar-refractivity contribution in [1.29, 1.82) is 0 Å². The molecule has 0 spiro atoms. The topological polar surface area (TPSA) is 145 Å². The average molecular weight is 197 g/mol. The van der Waals surface area contributed by atoms with Crippen LogP contribution < -0.4 is 6.15 Å². The van der Waals surface area contributed by atoms with E-state index < -0.39 is 37.3 Å². The third-order valence-corrected chi connectivity index (χ3v) is 1.87. The molecule has 5 atom stereocenters. The molecular weight excluding hydrogens is 182 g/mol. The minimum atomic E-state index is -1.57. The van der Waals surface area contributed by atoms with Gasteiger partial charge in [-0.05, 0) is 0 Å². The molecule has 1 aliphatic heterocycles. The zero-order valence-corrected chi connectivity index (χ0v) is 6.95. The summed E-state index contributed by atoms with van der Waals surface area (Å²) in [6.07, 6.45) is -7.04. The number of aliphatic hydroxyl groups is 5. The lowest BCUT2D eigenvalue weighted by Gasteiger charge is -2.37. The zero-order chi connectivity index (χ0) is 9.30. The molecule has 80 valence electrons. The Morgan fingerprint density at radius 3 is 1.92 bits per heavy atom. The molecule has 0 saturated carbocycles. The van der Waals surface area contributed by atoms with Crippen molar-refractivity contribution in [1.82, 2.24) is 6.15 Å². The second-order valence-corrected chi connectivity index (χ2v) is 2.72. The van der Waals surface area contributed by atoms with Crippen LogP contribution in [0.5, 0.6) is 0 Å². The Bertz CT molecular complexity index is 151. The van der Waals surface area contributed by atoms with Crippen LogP contribution in [0.1, 0.15) is 0 Å². The molecule has 0 radical (unpaired) electrons. The first kappa shape index (κ1) is 12.7. The van der Waals surface area contributed by atoms with Gasteiger partial charge in [0.25, 0.3) is 0 Å². The van der Waals surface area contributed by atoms with Crippen molar-refractivity contribution in [3.8, 4) is 0 Å². The Kier molecular flexibility index (Phi) is 4.71. The molecule has 13 heavy (non-hydrogen) atoms. The van der Waals surface area contributed by atoms with E-state index in [0.29, 0.717) is 0 Å². The van der Waals surface area contributed by atoms with Gasteiger partial charge in [-0.3, -0.25) is 0 Å². The fraction of sp³-hybridized carbons (Fsp3) is 1.00. The van der Waals surface area contributed by atoms with Crippen molar-refractivity contribution in [3.05, 3.63) is 0 Å². The Labute approximate surface area is 74.8 Å². The first-order valence-corrected chi connectivity index (χ1v) is 3.56. The van der Waals surface area contributed by atoms with Crippen LogP contribution in [0.25, 0.3) is 0 Å². The van der Waals surface area contributed by atoms with Crippen LogP contribution in [0.4, 0.5) is 0 Å². The molecule has 1 heterocycles. The minimum absolute atomic E-state index is 0. The van der Waals surface area contributed by atoms with Crippen LogP contribution in [-0.2, 0) is 4.74 Å². The van der Waals surface area contributed by atoms with Gasteiger partial charge in [-0.2, -0.15) is 0 Å². The van der Waals surface area contributed by atoms with Gasteiger partial charge in [0.2, 0.25) is 0 Å². The monoisotopic (exact) mass is 197 g/mol. The van der Waals surface area contributed by atoms with Gasteiger partial charge in [0.05, 0.1) is 6.61 Å². The molecule has 0 aromatic rings. The smallest absolute Gasteiger partial charge is 0.184 e. The Morgan fingerprint density at radius 2 is 1.46 bits per heavy atom. The summed E-state index contributed by atoms with van der Waals surface area (Å²) in [7, 11) is 0. The maximum Gasteiger partial charge on any atom is 0.184 e. The fourth-order valence-electron chi connectivity index (χ4n) is 1.08. The minimum Gasteiger partial charge on any atom is -0.394 e. The lowest BCUT2D eigenvalue weighted by atomic mass is 10.00. The Hall–Kier alpha value is -0.280. The van der Waals surface area contributed by atoms with E-state index in [1.54, 1.807) is 0 Å². The third kappa shape index (κ3) is 2.35. The molecule has 1 fully saturated rings. The Morgan fingerprint density at radius 1 is 0.923 bits per heavy atom. The van der Waals surface area contributed by atoms with Crippen molar-refractivity contribution in [2.75, 3.05) is 6.61 Å². The summed E-state index contributed by atoms with van der Waals surface area (Å²) in [6, 6.07) is 0. The first-order chi connectivity index (χ1) is 5.57. The molecule has 0 bridgehead atoms. The summed E-state index contributed by atoms with van der Waals surface area (Å²) in [4.78, 5) is 0. The molecule has 0 aromatic heterocycles. The summed E-state index contributed by atoms with van der Waals surface area (Å²) in [5.41, 5.74) is 0. The third-order valence-electron chi connectivity index (χ3n) is 1.87. The van der Waals surface area contributed by atoms with Crippen LogP contribution in [0.15, 0.2) is 0 Å². The van der Waals surface area contributed by atoms with Crippen LogP contribution in [0.3, 0.4) is 0 Å². The summed E-state index contributed by atoms with van der Waals surface area (Å²) in [5.74, 6) is 0. The molecule has 1 saturated heterocycles. The van der Waals surface area contributed by atoms with Gasteiger partial charge in [-0.25, -0.2) is 0 Å². The Balaban J connectivity index is 0.00000144. The predicted molar refractivity (Wildman–Crippen MR) is 41.0 cm³/mol. The van der Waals surface area contributed by atoms with Crippen molar-refractivity contribution < 1.29 is 30.3 Å². The van der Waals surface area contributed by atoms with Gasteiger partial charge in [-0.1, -0.05) is 0 Å². The van der Waals surface area contributed by atoms with Crippen LogP contribution in [0.2, 0.25) is 0 Å². The predicted octanol–water partition coefficient (Wildman–Crippen LogP) is -3.06. The van der Waals surface area contributed by atoms with E-state index in [1.807, 2.05) is 0 Å². The molecule has 7 nitrogen and oxygen atoms in total. The molecule has 7 heteroatoms. The molecule has 1 aliphatic rings. The average Bonchev–Trinajstić information content (AvgIpc) is 2.08. The molecule has 8 N–H and O–H groups in total. The number of ether oxygens (including phenoxy) is 1. The highest BCUT2D eigenvalue weighted by Gasteiger charge is 2.42. The first-order valence-electron chi connectivity index (χ1n) is 3.56. The summed E-state index contributed by atoms with van der Waals surface area (Å²) in [6.45, 7) is -0.526. The van der Waals surface area contributed by atoms with E-state index in [0.717, 1.165) is 0 Å². The van der Waals surface area contributed by atoms with E-state index in [-0.39, 0.29) is 6.15 Å². The highest BCUT2D eigenvalue weighted by Crippen LogP contribution is 2.18. The molecule has 0 amide bonds. The summed E-state index contributed by atoms with van der Waals surface area (Å²) < 4.78 is 4.58. The zero-order valence-electron chi connectivity index (χ0n) is 6.95. The molecule has 1 rings (SSSR count). The number of hydrogen-bond donors (Lipinski definition) is 6. The van der Waals surface area contributed by atoms with E-state index in [1.165, 1.54) is 0 Å². The van der Waals surface area contributed by atoms with Crippen molar-refractivity contribution in [2.24, 2.45) is 0 Å². The van der Waals surface area contributed by atoms with E-state index in [4.69, 9.17) is 25.5 Å². The van der Waals surface area contributed by atoms with Crippen LogP contribution in [0, 0.1) is 0 Å². The molecule has 1 unspecified atom stereocenters. The van der Waals surface area contributed by atoms with E-state index in [9.17, 15) is 0 Å². The van der Waals surface area contributed by atoms with Gasteiger partial charge in [0, 0.05) is 0 Å². The SMILES string of the molecule is N.OC[C@H]1OC(O)[C@H](O)[C@@H](O)[C@@H]1O. The second-order valence-electron chi connectivity index (χ2n) is 2.72. The van der Waals surface area contributed by atoms with Gasteiger partial charge in [0.15, 0.2) is 6.29 Å². The van der Waals surface area contributed by atoms with Crippen LogP contribution >= 0.6 is 0 Å². The van der Waals surface area contributed by atoms with Gasteiger partial charge in [-0.15, -0.1) is 0 Å². The highest BCUT2D eigenvalue weighted by molar-refractivity contribution is 4.87. The van der Waals surface area contributed by atoms with Gasteiger partial charge < -0.3 is 36.4 Å². The quantitative estimate of drug-likeness (QED) is 0.261. The van der Waals surface area contributed by atoms with Crippen molar-refractivity contribution in [3.63, 3.8) is 0 Å². The summed E-state index contributed by atoms with van der Waals surface area (Å²) in [5, 5.41) is 44.7. The van der Waals surface area contributed by atoms with Crippen molar-refractivity contribution >= 4 is 0 Å². The lowest BCUT2D eigenvalue weighted by Crippen LogP contribution is -2.58. The molecule has 0 aromatic carbocycles. The maximum atomic E-state index is 9.12. The van der Waals surface area contributed by atoms with Crippen molar-refractivity contribution in [2.45, 2.75) is 30.7 Å². The maximum absolute atomic E-state index is 9.12. The molecular formula is C6H15NO6. The fourth-order valence-corrected chi connectivity index (χ4v) is 1.08. The standard InChI is InChI=1S/C6H12O6.H3N/c7-1-2-3(8)4(9)5(10)6(11)12-2;/h2-11H,1H2;1H3/t2-,3-,4+,5-,6?;/m1./s1. The van der Waals surface area contributed by atoms with Gasteiger partial charge in [0.1, 0.15) is 24.4 Å². The van der Waals surface area contributed by atoms with E-state index in [2.05, 4.69) is 4.74 Å². The van der Waals surface area contributed by atoms with Crippen LogP contribution in [-0.4, -0.2) is 62.8 Å². The largest absolute Gasteiger partial charge is 0.394 e. The summed E-state index contributed by atoms with van der Waals surface area (Å²) >= 11 is 0. The number of rotatable bonds is 1. The molecule has 0 aliphatic carbocycles. The van der Waals surface area contributed by atoms with E-state index >= 15 is 0 Å². The highest BCUT2D eigenvalue weighted by atomic mass is 16.6. The normalized spacial score (nSPS) is 45.5.